The topological polar surface area (TPSA) is 91.7 Å². The molecule has 0 bridgehead atoms. The Balaban J connectivity index is 0.000000914. The largest absolute Gasteiger partial charge is 0.444 e. The zero-order valence-corrected chi connectivity index (χ0v) is 20.8. The molecule has 180 valence electrons. The van der Waals surface area contributed by atoms with Crippen LogP contribution in [0.4, 0.5) is 10.5 Å². The molecule has 0 unspecified atom stereocenters. The van der Waals surface area contributed by atoms with Crippen LogP contribution in [0.1, 0.15) is 48.5 Å². The van der Waals surface area contributed by atoms with Gasteiger partial charge in [0.15, 0.2) is 0 Å². The lowest BCUT2D eigenvalue weighted by Gasteiger charge is -2.36. The van der Waals surface area contributed by atoms with Crippen molar-refractivity contribution in [2.75, 3.05) is 31.1 Å². The fraction of sp³-hybridized carbons (Fsp3) is 0.480. The lowest BCUT2D eigenvalue weighted by molar-refractivity contribution is 0.0240. The highest BCUT2D eigenvalue weighted by molar-refractivity contribution is 5.84. The number of anilines is 1. The number of carbonyl (C=O) groups is 1. The number of fused-ring (bicyclic) bond motifs is 1. The van der Waals surface area contributed by atoms with Gasteiger partial charge in [0.2, 0.25) is 0 Å². The lowest BCUT2D eigenvalue weighted by Crippen LogP contribution is -2.50. The minimum Gasteiger partial charge on any atom is -0.444 e. The number of benzene rings is 1. The van der Waals surface area contributed by atoms with Crippen LogP contribution in [0.5, 0.6) is 0 Å². The van der Waals surface area contributed by atoms with E-state index in [2.05, 4.69) is 15.1 Å². The molecule has 2 aromatic heterocycles. The van der Waals surface area contributed by atoms with E-state index in [0.29, 0.717) is 43.0 Å². The van der Waals surface area contributed by atoms with Gasteiger partial charge in [-0.2, -0.15) is 5.10 Å². The third-order valence-electron chi connectivity index (χ3n) is 4.81. The van der Waals surface area contributed by atoms with Crippen molar-refractivity contribution in [1.29, 1.82) is 0 Å². The van der Waals surface area contributed by atoms with E-state index in [0.717, 1.165) is 11.1 Å². The number of aromatic amines is 1. The van der Waals surface area contributed by atoms with Crippen molar-refractivity contribution in [3.05, 3.63) is 46.9 Å². The van der Waals surface area contributed by atoms with E-state index in [1.54, 1.807) is 23.2 Å². The third-order valence-corrected chi connectivity index (χ3v) is 4.81. The smallest absolute Gasteiger partial charge is 0.410 e. The Hall–Kier alpha value is -3.29. The van der Waals surface area contributed by atoms with E-state index in [1.165, 1.54) is 0 Å². The third kappa shape index (κ3) is 6.60. The second-order valence-electron chi connectivity index (χ2n) is 8.09. The van der Waals surface area contributed by atoms with Crippen LogP contribution < -0.4 is 10.5 Å². The maximum absolute atomic E-state index is 12.4. The summed E-state index contributed by atoms with van der Waals surface area (Å²) >= 11 is 0. The number of ether oxygens (including phenoxy) is 1. The van der Waals surface area contributed by atoms with E-state index >= 15 is 0 Å². The standard InChI is InChI=1S/C21H24N4O4.2C2H6/c1-21(2,3)29-20(27)25-10-8-24(9-11-25)15-5-4-14-12-16(17-6-7-22-23-17)19(26)28-18(14)13-15;2*1-2/h4-7,12-13H,8-11H2,1-3H3,(H,22,23);2*1-2H3. The highest BCUT2D eigenvalue weighted by Crippen LogP contribution is 2.25. The fourth-order valence-electron chi connectivity index (χ4n) is 3.36. The molecular weight excluding hydrogens is 420 g/mol. The van der Waals surface area contributed by atoms with Crippen molar-refractivity contribution in [2.24, 2.45) is 0 Å². The molecule has 0 saturated carbocycles. The maximum Gasteiger partial charge on any atom is 0.410 e. The highest BCUT2D eigenvalue weighted by atomic mass is 16.6. The number of nitrogens with zero attached hydrogens (tertiary/aromatic N) is 3. The Labute approximate surface area is 195 Å². The van der Waals surface area contributed by atoms with Gasteiger partial charge in [-0.05, 0) is 45.0 Å². The van der Waals surface area contributed by atoms with Crippen molar-refractivity contribution >= 4 is 22.7 Å². The monoisotopic (exact) mass is 456 g/mol. The summed E-state index contributed by atoms with van der Waals surface area (Å²) in [5.41, 5.74) is 1.66. The number of hydrogen-bond donors (Lipinski definition) is 1. The number of amides is 1. The first kappa shape index (κ1) is 26.0. The normalized spacial score (nSPS) is 13.5. The maximum atomic E-state index is 12.4. The molecule has 1 fully saturated rings. The molecule has 0 spiro atoms. The molecule has 0 atom stereocenters. The number of hydrogen-bond acceptors (Lipinski definition) is 6. The summed E-state index contributed by atoms with van der Waals surface area (Å²) in [5.74, 6) is 0. The average Bonchev–Trinajstić information content (AvgIpc) is 3.35. The van der Waals surface area contributed by atoms with Crippen molar-refractivity contribution in [1.82, 2.24) is 15.1 Å². The van der Waals surface area contributed by atoms with Crippen LogP contribution in [0, 0.1) is 0 Å². The highest BCUT2D eigenvalue weighted by Gasteiger charge is 2.26. The summed E-state index contributed by atoms with van der Waals surface area (Å²) in [6, 6.07) is 9.35. The number of nitrogens with one attached hydrogen (secondary N) is 1. The number of H-pyrrole nitrogens is 1. The number of aromatic nitrogens is 2. The molecule has 1 aliphatic rings. The van der Waals surface area contributed by atoms with Crippen LogP contribution in [0.25, 0.3) is 22.2 Å². The lowest BCUT2D eigenvalue weighted by atomic mass is 10.1. The van der Waals surface area contributed by atoms with Gasteiger partial charge in [0.25, 0.3) is 0 Å². The number of carbonyl (C=O) groups excluding carboxylic acids is 1. The first-order valence-corrected chi connectivity index (χ1v) is 11.6. The van der Waals surface area contributed by atoms with Gasteiger partial charge in [0, 0.05) is 49.5 Å². The van der Waals surface area contributed by atoms with Gasteiger partial charge < -0.3 is 19.0 Å². The van der Waals surface area contributed by atoms with Crippen LogP contribution in [-0.4, -0.2) is 53.0 Å². The molecule has 0 radical (unpaired) electrons. The Morgan fingerprint density at radius 1 is 1.03 bits per heavy atom. The molecule has 1 amide bonds. The molecule has 1 N–H and O–H groups in total. The first-order chi connectivity index (χ1) is 15.8. The van der Waals surface area contributed by atoms with Gasteiger partial charge in [0.1, 0.15) is 11.2 Å². The van der Waals surface area contributed by atoms with Gasteiger partial charge in [-0.15, -0.1) is 0 Å². The zero-order valence-electron chi connectivity index (χ0n) is 20.8. The second-order valence-corrected chi connectivity index (χ2v) is 8.09. The van der Waals surface area contributed by atoms with E-state index in [-0.39, 0.29) is 6.09 Å². The van der Waals surface area contributed by atoms with E-state index < -0.39 is 11.2 Å². The summed E-state index contributed by atoms with van der Waals surface area (Å²) in [5, 5.41) is 7.51. The van der Waals surface area contributed by atoms with Crippen LogP contribution in [0.15, 0.2) is 45.7 Å². The summed E-state index contributed by atoms with van der Waals surface area (Å²) in [6.45, 7) is 16.1. The van der Waals surface area contributed by atoms with Gasteiger partial charge in [-0.1, -0.05) is 27.7 Å². The molecular formula is C25H36N4O4. The molecule has 0 aliphatic carbocycles. The average molecular weight is 457 g/mol. The number of rotatable bonds is 2. The first-order valence-electron chi connectivity index (χ1n) is 11.6. The Bertz CT molecular complexity index is 1080. The molecule has 3 aromatic rings. The fourth-order valence-corrected chi connectivity index (χ4v) is 3.36. The minimum atomic E-state index is -0.501. The predicted molar refractivity (Wildman–Crippen MR) is 133 cm³/mol. The molecule has 8 nitrogen and oxygen atoms in total. The summed E-state index contributed by atoms with van der Waals surface area (Å²) in [4.78, 5) is 28.5. The van der Waals surface area contributed by atoms with Gasteiger partial charge in [0.05, 0.1) is 11.3 Å². The predicted octanol–water partition coefficient (Wildman–Crippen LogP) is 5.29. The summed E-state index contributed by atoms with van der Waals surface area (Å²) in [7, 11) is 0. The quantitative estimate of drug-likeness (QED) is 0.527. The zero-order chi connectivity index (χ0) is 24.6. The van der Waals surface area contributed by atoms with Crippen LogP contribution in [0.3, 0.4) is 0 Å². The number of piperazine rings is 1. The van der Waals surface area contributed by atoms with E-state index in [4.69, 9.17) is 9.15 Å². The Morgan fingerprint density at radius 2 is 1.70 bits per heavy atom. The molecule has 1 aromatic carbocycles. The van der Waals surface area contributed by atoms with Gasteiger partial charge in [-0.25, -0.2) is 9.59 Å². The SMILES string of the molecule is CC.CC.CC(C)(C)OC(=O)N1CCN(c2ccc3cc(-c4ccn[nH]4)c(=O)oc3c2)CC1. The van der Waals surface area contributed by atoms with Crippen molar-refractivity contribution < 1.29 is 13.9 Å². The summed E-state index contributed by atoms with van der Waals surface area (Å²) < 4.78 is 11.0. The molecule has 3 heterocycles. The Kier molecular flexibility index (Phi) is 9.08. The van der Waals surface area contributed by atoms with E-state index in [1.807, 2.05) is 66.7 Å². The van der Waals surface area contributed by atoms with Crippen LogP contribution in [0.2, 0.25) is 0 Å². The van der Waals surface area contributed by atoms with E-state index in [9.17, 15) is 9.59 Å². The molecule has 1 saturated heterocycles. The molecule has 33 heavy (non-hydrogen) atoms. The minimum absolute atomic E-state index is 0.284. The van der Waals surface area contributed by atoms with Gasteiger partial charge in [-0.3, -0.25) is 5.10 Å². The van der Waals surface area contributed by atoms with Crippen molar-refractivity contribution in [2.45, 2.75) is 54.1 Å². The molecule has 8 heteroatoms. The van der Waals surface area contributed by atoms with Crippen molar-refractivity contribution in [3.63, 3.8) is 0 Å². The second kappa shape index (κ2) is 11.5. The van der Waals surface area contributed by atoms with Crippen LogP contribution >= 0.6 is 0 Å². The molecule has 1 aliphatic heterocycles. The van der Waals surface area contributed by atoms with Gasteiger partial charge >= 0.3 is 11.7 Å². The Morgan fingerprint density at radius 3 is 2.27 bits per heavy atom. The van der Waals surface area contributed by atoms with Crippen LogP contribution in [-0.2, 0) is 4.74 Å². The van der Waals surface area contributed by atoms with Crippen molar-refractivity contribution in [3.8, 4) is 11.3 Å². The molecule has 4 rings (SSSR count). The summed E-state index contributed by atoms with van der Waals surface area (Å²) in [6.07, 6.45) is 1.31.